The Labute approximate surface area is 126 Å². The van der Waals surface area contributed by atoms with Crippen LogP contribution in [0.15, 0.2) is 30.5 Å². The van der Waals surface area contributed by atoms with Gasteiger partial charge >= 0.3 is 5.97 Å². The molecule has 0 spiro atoms. The number of nitrogens with one attached hydrogen (secondary N) is 1. The third-order valence-corrected chi connectivity index (χ3v) is 3.96. The Morgan fingerprint density at radius 3 is 2.73 bits per heavy atom. The predicted molar refractivity (Wildman–Crippen MR) is 77.8 cm³/mol. The maximum absolute atomic E-state index is 12.2. The van der Waals surface area contributed by atoms with Crippen molar-refractivity contribution in [2.75, 3.05) is 0 Å². The SMILES string of the molecule is Cc1cccc(-n2cc(C(=O)NC3(C(=O)O)CCC3)nn2)c1. The third-order valence-electron chi connectivity index (χ3n) is 3.96. The molecule has 1 aliphatic rings. The normalized spacial score (nSPS) is 15.9. The summed E-state index contributed by atoms with van der Waals surface area (Å²) in [7, 11) is 0. The summed E-state index contributed by atoms with van der Waals surface area (Å²) in [6, 6.07) is 7.62. The molecular weight excluding hydrogens is 284 g/mol. The summed E-state index contributed by atoms with van der Waals surface area (Å²) in [5.41, 5.74) is 0.819. The maximum Gasteiger partial charge on any atom is 0.329 e. The number of aliphatic carboxylic acids is 1. The van der Waals surface area contributed by atoms with E-state index in [0.717, 1.165) is 17.7 Å². The first-order chi connectivity index (χ1) is 10.5. The van der Waals surface area contributed by atoms with Crippen molar-refractivity contribution in [2.45, 2.75) is 31.7 Å². The van der Waals surface area contributed by atoms with Crippen molar-refractivity contribution >= 4 is 11.9 Å². The molecule has 22 heavy (non-hydrogen) atoms. The van der Waals surface area contributed by atoms with Crippen LogP contribution in [0.25, 0.3) is 5.69 Å². The highest BCUT2D eigenvalue weighted by molar-refractivity contribution is 5.96. The first kappa shape index (κ1) is 14.2. The fourth-order valence-electron chi connectivity index (χ4n) is 2.47. The van der Waals surface area contributed by atoms with Crippen LogP contribution in [0.4, 0.5) is 0 Å². The Bertz CT molecular complexity index is 734. The summed E-state index contributed by atoms with van der Waals surface area (Å²) in [5, 5.41) is 19.6. The summed E-state index contributed by atoms with van der Waals surface area (Å²) < 4.78 is 1.50. The van der Waals surface area contributed by atoms with Gasteiger partial charge in [-0.1, -0.05) is 17.3 Å². The molecular formula is C15H16N4O3. The number of amides is 1. The van der Waals surface area contributed by atoms with Gasteiger partial charge in [0.15, 0.2) is 5.69 Å². The largest absolute Gasteiger partial charge is 0.480 e. The van der Waals surface area contributed by atoms with Gasteiger partial charge in [-0.3, -0.25) is 4.79 Å². The number of benzene rings is 1. The molecule has 1 aromatic heterocycles. The number of carboxylic acids is 1. The Kier molecular flexibility index (Phi) is 3.40. The molecule has 7 nitrogen and oxygen atoms in total. The molecule has 0 aliphatic heterocycles. The van der Waals surface area contributed by atoms with Crippen molar-refractivity contribution in [1.82, 2.24) is 20.3 Å². The summed E-state index contributed by atoms with van der Waals surface area (Å²) in [6.07, 6.45) is 3.18. The van der Waals surface area contributed by atoms with Crippen molar-refractivity contribution in [3.63, 3.8) is 0 Å². The van der Waals surface area contributed by atoms with E-state index in [1.54, 1.807) is 0 Å². The van der Waals surface area contributed by atoms with Gasteiger partial charge < -0.3 is 10.4 Å². The van der Waals surface area contributed by atoms with Crippen molar-refractivity contribution in [1.29, 1.82) is 0 Å². The van der Waals surface area contributed by atoms with E-state index in [2.05, 4.69) is 15.6 Å². The number of hydrogen-bond acceptors (Lipinski definition) is 4. The molecule has 1 heterocycles. The highest BCUT2D eigenvalue weighted by Gasteiger charge is 2.46. The van der Waals surface area contributed by atoms with Crippen LogP contribution in [0.5, 0.6) is 0 Å². The molecule has 3 rings (SSSR count). The number of hydrogen-bond donors (Lipinski definition) is 2. The van der Waals surface area contributed by atoms with E-state index in [1.807, 2.05) is 31.2 Å². The molecule has 114 valence electrons. The number of carbonyl (C=O) groups excluding carboxylic acids is 1. The lowest BCUT2D eigenvalue weighted by Gasteiger charge is -2.37. The van der Waals surface area contributed by atoms with E-state index in [1.165, 1.54) is 10.9 Å². The van der Waals surface area contributed by atoms with Crippen molar-refractivity contribution in [3.05, 3.63) is 41.7 Å². The van der Waals surface area contributed by atoms with Crippen LogP contribution in [0.3, 0.4) is 0 Å². The number of nitrogens with zero attached hydrogens (tertiary/aromatic N) is 3. The van der Waals surface area contributed by atoms with Gasteiger partial charge in [0.2, 0.25) is 0 Å². The molecule has 0 bridgehead atoms. The van der Waals surface area contributed by atoms with Gasteiger partial charge in [0.25, 0.3) is 5.91 Å². The number of aryl methyl sites for hydroxylation is 1. The number of rotatable bonds is 4. The zero-order chi connectivity index (χ0) is 15.7. The number of carbonyl (C=O) groups is 2. The Morgan fingerprint density at radius 1 is 1.36 bits per heavy atom. The van der Waals surface area contributed by atoms with Gasteiger partial charge in [0.1, 0.15) is 5.54 Å². The van der Waals surface area contributed by atoms with Crippen LogP contribution in [0.1, 0.15) is 35.3 Å². The van der Waals surface area contributed by atoms with E-state index >= 15 is 0 Å². The molecule has 1 aromatic carbocycles. The average Bonchev–Trinajstić information content (AvgIpc) is 2.92. The molecule has 0 unspecified atom stereocenters. The molecule has 7 heteroatoms. The zero-order valence-corrected chi connectivity index (χ0v) is 12.1. The molecule has 1 saturated carbocycles. The minimum absolute atomic E-state index is 0.106. The second-order valence-corrected chi connectivity index (χ2v) is 5.58. The zero-order valence-electron chi connectivity index (χ0n) is 12.1. The molecule has 0 atom stereocenters. The highest BCUT2D eigenvalue weighted by atomic mass is 16.4. The summed E-state index contributed by atoms with van der Waals surface area (Å²) in [4.78, 5) is 23.5. The van der Waals surface area contributed by atoms with E-state index in [0.29, 0.717) is 12.8 Å². The fourth-order valence-corrected chi connectivity index (χ4v) is 2.47. The highest BCUT2D eigenvalue weighted by Crippen LogP contribution is 2.32. The summed E-state index contributed by atoms with van der Waals surface area (Å²) in [5.74, 6) is -1.51. The number of carboxylic acid groups (broad SMARTS) is 1. The summed E-state index contributed by atoms with van der Waals surface area (Å²) in [6.45, 7) is 1.96. The van der Waals surface area contributed by atoms with Gasteiger partial charge in [0, 0.05) is 0 Å². The van der Waals surface area contributed by atoms with E-state index < -0.39 is 17.4 Å². The Hall–Kier alpha value is -2.70. The van der Waals surface area contributed by atoms with Crippen LogP contribution >= 0.6 is 0 Å². The number of aromatic nitrogens is 3. The molecule has 2 N–H and O–H groups in total. The molecule has 1 fully saturated rings. The van der Waals surface area contributed by atoms with Crippen molar-refractivity contribution < 1.29 is 14.7 Å². The minimum atomic E-state index is -1.15. The van der Waals surface area contributed by atoms with E-state index in [-0.39, 0.29) is 5.69 Å². The molecule has 1 aliphatic carbocycles. The lowest BCUT2D eigenvalue weighted by atomic mass is 9.76. The Morgan fingerprint density at radius 2 is 2.14 bits per heavy atom. The maximum atomic E-state index is 12.2. The molecule has 2 aromatic rings. The average molecular weight is 300 g/mol. The lowest BCUT2D eigenvalue weighted by molar-refractivity contribution is -0.148. The second-order valence-electron chi connectivity index (χ2n) is 5.58. The van der Waals surface area contributed by atoms with Crippen molar-refractivity contribution in [3.8, 4) is 5.69 Å². The van der Waals surface area contributed by atoms with Crippen LogP contribution in [0, 0.1) is 6.92 Å². The smallest absolute Gasteiger partial charge is 0.329 e. The lowest BCUT2D eigenvalue weighted by Crippen LogP contribution is -2.59. The topological polar surface area (TPSA) is 97.1 Å². The minimum Gasteiger partial charge on any atom is -0.480 e. The van der Waals surface area contributed by atoms with Crippen molar-refractivity contribution in [2.24, 2.45) is 0 Å². The van der Waals surface area contributed by atoms with Gasteiger partial charge in [-0.15, -0.1) is 5.10 Å². The van der Waals surface area contributed by atoms with Gasteiger partial charge in [-0.25, -0.2) is 9.48 Å². The van der Waals surface area contributed by atoms with Crippen LogP contribution in [-0.4, -0.2) is 37.5 Å². The standard InChI is InChI=1S/C15H16N4O3/c1-10-4-2-5-11(8-10)19-9-12(17-18-19)13(20)16-15(14(21)22)6-3-7-15/h2,4-5,8-9H,3,6-7H2,1H3,(H,16,20)(H,21,22). The van der Waals surface area contributed by atoms with Gasteiger partial charge in [0.05, 0.1) is 11.9 Å². The molecule has 1 amide bonds. The van der Waals surface area contributed by atoms with Gasteiger partial charge in [-0.05, 0) is 43.9 Å². The van der Waals surface area contributed by atoms with Crippen LogP contribution < -0.4 is 5.32 Å². The fraction of sp³-hybridized carbons (Fsp3) is 0.333. The second kappa shape index (κ2) is 5.25. The Balaban J connectivity index is 1.79. The van der Waals surface area contributed by atoms with Crippen LogP contribution in [-0.2, 0) is 4.79 Å². The predicted octanol–water partition coefficient (Wildman–Crippen LogP) is 1.31. The molecule has 0 radical (unpaired) electrons. The first-order valence-electron chi connectivity index (χ1n) is 7.05. The molecule has 0 saturated heterocycles. The van der Waals surface area contributed by atoms with E-state index in [4.69, 9.17) is 0 Å². The van der Waals surface area contributed by atoms with Crippen LogP contribution in [0.2, 0.25) is 0 Å². The third kappa shape index (κ3) is 2.45. The first-order valence-corrected chi connectivity index (χ1v) is 7.05. The van der Waals surface area contributed by atoms with Gasteiger partial charge in [-0.2, -0.15) is 0 Å². The van der Waals surface area contributed by atoms with E-state index in [9.17, 15) is 14.7 Å². The summed E-state index contributed by atoms with van der Waals surface area (Å²) >= 11 is 0. The monoisotopic (exact) mass is 300 g/mol. The quantitative estimate of drug-likeness (QED) is 0.887.